The molecule has 326 valence electrons. The maximum Gasteiger partial charge on any atom is 0.472 e. The van der Waals surface area contributed by atoms with Gasteiger partial charge in [-0.1, -0.05) is 143 Å². The van der Waals surface area contributed by atoms with Gasteiger partial charge in [-0.15, -0.1) is 0 Å². The van der Waals surface area contributed by atoms with Crippen LogP contribution in [0.15, 0.2) is 97.2 Å². The monoisotopic (exact) mass is 817 g/mol. The van der Waals surface area contributed by atoms with Crippen LogP contribution in [0.2, 0.25) is 0 Å². The number of nitrogens with zero attached hydrogens (tertiary/aromatic N) is 1. The highest BCUT2D eigenvalue weighted by Gasteiger charge is 2.26. The molecule has 0 heterocycles. The summed E-state index contributed by atoms with van der Waals surface area (Å²) in [6, 6.07) is 0. The van der Waals surface area contributed by atoms with E-state index in [0.29, 0.717) is 24.1 Å². The number of phosphoric ester groups is 1. The first-order valence-corrected chi connectivity index (χ1v) is 23.5. The molecule has 0 spiro atoms. The summed E-state index contributed by atoms with van der Waals surface area (Å²) in [5.41, 5.74) is 0. The van der Waals surface area contributed by atoms with E-state index in [1.807, 2.05) is 21.1 Å². The van der Waals surface area contributed by atoms with Gasteiger partial charge in [0.15, 0.2) is 0 Å². The number of esters is 1. The largest absolute Gasteiger partial charge is 0.472 e. The number of phosphoric acid groups is 1. The lowest BCUT2D eigenvalue weighted by atomic mass is 10.1. The number of ether oxygens (including phenoxy) is 2. The van der Waals surface area contributed by atoms with Gasteiger partial charge >= 0.3 is 13.8 Å². The number of hydrogen-bond acceptors (Lipinski definition) is 6. The minimum Gasteiger partial charge on any atom is -0.457 e. The van der Waals surface area contributed by atoms with E-state index in [0.717, 1.165) is 122 Å². The number of rotatable bonds is 39. The van der Waals surface area contributed by atoms with Crippen LogP contribution in [0, 0.1) is 0 Å². The number of likely N-dealkylation sites (N-methyl/N-ethyl adjacent to an activating group) is 1. The van der Waals surface area contributed by atoms with Crippen molar-refractivity contribution in [1.29, 1.82) is 0 Å². The van der Waals surface area contributed by atoms with Crippen LogP contribution in [-0.2, 0) is 27.9 Å². The molecular weight excluding hydrogens is 734 g/mol. The van der Waals surface area contributed by atoms with Crippen LogP contribution in [0.3, 0.4) is 0 Å². The van der Waals surface area contributed by atoms with Crippen molar-refractivity contribution in [2.24, 2.45) is 0 Å². The van der Waals surface area contributed by atoms with Gasteiger partial charge in [0.1, 0.15) is 19.3 Å². The first kappa shape index (κ1) is 54.4. The maximum atomic E-state index is 12.7. The highest BCUT2D eigenvalue weighted by molar-refractivity contribution is 7.47. The Bertz CT molecular complexity index is 1230. The Morgan fingerprint density at radius 3 is 1.44 bits per heavy atom. The molecule has 0 aromatic rings. The molecule has 0 aromatic heterocycles. The van der Waals surface area contributed by atoms with Crippen LogP contribution in [-0.4, -0.2) is 75.6 Å². The molecule has 0 saturated heterocycles. The molecule has 0 bridgehead atoms. The number of hydrogen-bond donors (Lipinski definition) is 1. The van der Waals surface area contributed by atoms with Crippen LogP contribution >= 0.6 is 7.82 Å². The summed E-state index contributed by atoms with van der Waals surface area (Å²) in [6.07, 6.45) is 54.4. The van der Waals surface area contributed by atoms with Gasteiger partial charge in [0.2, 0.25) is 0 Å². The molecule has 0 aromatic carbocycles. The molecule has 0 aliphatic carbocycles. The topological polar surface area (TPSA) is 91.3 Å². The third kappa shape index (κ3) is 44.4. The number of carbonyl (C=O) groups is 1. The standard InChI is InChI=1S/C48H82NO7P/c1-6-8-10-12-14-16-18-20-22-23-24-25-26-28-30-32-34-36-38-40-43-53-45-47(46-55-57(51,52)54-44-42-49(3,4)5)56-48(50)41-39-37-35-33-31-29-27-21-19-17-15-13-11-9-7-2/h8-11,14-17,20-22,24-25,27-28,30,47H,6-7,12-13,18-19,23,26,29,31-46H2,1-5H3/p+1/b10-8-,11-9-,16-14-,17-15-,22-20-,25-24-,27-21-,30-28-. The van der Waals surface area contributed by atoms with E-state index in [4.69, 9.17) is 18.5 Å². The zero-order valence-electron chi connectivity index (χ0n) is 36.8. The molecule has 57 heavy (non-hydrogen) atoms. The highest BCUT2D eigenvalue weighted by Crippen LogP contribution is 2.43. The molecule has 2 atom stereocenters. The number of quaternary nitrogens is 1. The molecule has 0 fully saturated rings. The van der Waals surface area contributed by atoms with Gasteiger partial charge in [0, 0.05) is 13.0 Å². The second-order valence-electron chi connectivity index (χ2n) is 15.3. The van der Waals surface area contributed by atoms with Crippen LogP contribution < -0.4 is 0 Å². The number of carbonyl (C=O) groups excluding carboxylic acids is 1. The summed E-state index contributed by atoms with van der Waals surface area (Å²) in [6.45, 7) is 5.27. The van der Waals surface area contributed by atoms with Crippen molar-refractivity contribution in [3.63, 3.8) is 0 Å². The third-order valence-electron chi connectivity index (χ3n) is 8.64. The van der Waals surface area contributed by atoms with E-state index < -0.39 is 13.9 Å². The van der Waals surface area contributed by atoms with Gasteiger partial charge < -0.3 is 18.9 Å². The van der Waals surface area contributed by atoms with Crippen molar-refractivity contribution in [2.45, 2.75) is 148 Å². The molecule has 1 N–H and O–H groups in total. The zero-order chi connectivity index (χ0) is 42.0. The van der Waals surface area contributed by atoms with Gasteiger partial charge in [0.25, 0.3) is 0 Å². The second kappa shape index (κ2) is 40.2. The Balaban J connectivity index is 4.34. The van der Waals surface area contributed by atoms with Gasteiger partial charge in [-0.2, -0.15) is 0 Å². The fourth-order valence-corrected chi connectivity index (χ4v) is 6.04. The van der Waals surface area contributed by atoms with Crippen molar-refractivity contribution >= 4 is 13.8 Å². The molecule has 2 unspecified atom stereocenters. The van der Waals surface area contributed by atoms with E-state index in [-0.39, 0.29) is 25.8 Å². The lowest BCUT2D eigenvalue weighted by molar-refractivity contribution is -0.870. The summed E-state index contributed by atoms with van der Waals surface area (Å²) < 4.78 is 34.9. The number of allylic oxidation sites excluding steroid dienone is 16. The van der Waals surface area contributed by atoms with Crippen molar-refractivity contribution < 1.29 is 37.3 Å². The third-order valence-corrected chi connectivity index (χ3v) is 9.63. The molecule has 8 nitrogen and oxygen atoms in total. The van der Waals surface area contributed by atoms with Crippen LogP contribution in [0.4, 0.5) is 0 Å². The van der Waals surface area contributed by atoms with Gasteiger partial charge in [-0.25, -0.2) is 4.57 Å². The summed E-state index contributed by atoms with van der Waals surface area (Å²) in [5.74, 6) is -0.345. The number of unbranched alkanes of at least 4 members (excludes halogenated alkanes) is 9. The Hall–Kier alpha value is -2.58. The van der Waals surface area contributed by atoms with Crippen molar-refractivity contribution in [1.82, 2.24) is 0 Å². The Morgan fingerprint density at radius 1 is 0.544 bits per heavy atom. The lowest BCUT2D eigenvalue weighted by Gasteiger charge is -2.24. The Kier molecular flexibility index (Phi) is 38.4. The van der Waals surface area contributed by atoms with E-state index in [1.54, 1.807) is 0 Å². The maximum absolute atomic E-state index is 12.7. The van der Waals surface area contributed by atoms with Gasteiger partial charge in [-0.05, 0) is 89.9 Å². The van der Waals surface area contributed by atoms with Crippen molar-refractivity contribution in [2.75, 3.05) is 54.1 Å². The Labute approximate surface area is 349 Å². The van der Waals surface area contributed by atoms with E-state index >= 15 is 0 Å². The van der Waals surface area contributed by atoms with Crippen LogP contribution in [0.5, 0.6) is 0 Å². The smallest absolute Gasteiger partial charge is 0.457 e. The predicted molar refractivity (Wildman–Crippen MR) is 242 cm³/mol. The van der Waals surface area contributed by atoms with E-state index in [9.17, 15) is 14.3 Å². The van der Waals surface area contributed by atoms with Crippen LogP contribution in [0.1, 0.15) is 142 Å². The predicted octanol–water partition coefficient (Wildman–Crippen LogP) is 13.0. The van der Waals surface area contributed by atoms with Crippen molar-refractivity contribution in [3.05, 3.63) is 97.2 Å². The second-order valence-corrected chi connectivity index (χ2v) is 16.8. The van der Waals surface area contributed by atoms with Crippen LogP contribution in [0.25, 0.3) is 0 Å². The first-order chi connectivity index (χ1) is 27.6. The fraction of sp³-hybridized carbons (Fsp3) is 0.646. The SMILES string of the molecule is CC/C=C\C/C=C\C/C=C\C/C=C\C/C=C\CCCCCCOCC(COP(=O)(O)OCC[N+](C)(C)C)OC(=O)CCCCCCC/C=C\C/C=C\C/C=C\CC. The Morgan fingerprint density at radius 2 is 0.965 bits per heavy atom. The molecule has 0 aliphatic rings. The zero-order valence-corrected chi connectivity index (χ0v) is 37.7. The van der Waals surface area contributed by atoms with Crippen molar-refractivity contribution in [3.8, 4) is 0 Å². The minimum atomic E-state index is -4.29. The highest BCUT2D eigenvalue weighted by atomic mass is 31.2. The quantitative estimate of drug-likeness (QED) is 0.0217. The summed E-state index contributed by atoms with van der Waals surface area (Å²) >= 11 is 0. The molecule has 0 radical (unpaired) electrons. The van der Waals surface area contributed by atoms with E-state index in [2.05, 4.69) is 111 Å². The summed E-state index contributed by atoms with van der Waals surface area (Å²) in [5, 5.41) is 0. The summed E-state index contributed by atoms with van der Waals surface area (Å²) in [7, 11) is 1.62. The molecule has 0 rings (SSSR count). The minimum absolute atomic E-state index is 0.0736. The molecule has 0 aliphatic heterocycles. The summed E-state index contributed by atoms with van der Waals surface area (Å²) in [4.78, 5) is 22.9. The normalized spacial score (nSPS) is 14.7. The van der Waals surface area contributed by atoms with E-state index in [1.165, 1.54) is 0 Å². The molecular formula is C48H83NO7P+. The molecule has 0 saturated carbocycles. The molecule has 0 amide bonds. The molecule has 9 heteroatoms. The first-order valence-electron chi connectivity index (χ1n) is 22.0. The van der Waals surface area contributed by atoms with Gasteiger partial charge in [0.05, 0.1) is 34.4 Å². The van der Waals surface area contributed by atoms with Gasteiger partial charge in [-0.3, -0.25) is 13.8 Å². The average molecular weight is 817 g/mol. The fourth-order valence-electron chi connectivity index (χ4n) is 5.30. The average Bonchev–Trinajstić information content (AvgIpc) is 3.16. The lowest BCUT2D eigenvalue weighted by Crippen LogP contribution is -2.37.